The molecule has 0 bridgehead atoms. The number of hydrogen-bond acceptors (Lipinski definition) is 4. The summed E-state index contributed by atoms with van der Waals surface area (Å²) in [7, 11) is 0. The quantitative estimate of drug-likeness (QED) is 0.435. The molecule has 0 aliphatic carbocycles. The molecule has 0 unspecified atom stereocenters. The largest absolute Gasteiger partial charge is 0.490 e. The molecule has 0 fully saturated rings. The second-order valence-electron chi connectivity index (χ2n) is 4.93. The molecule has 0 spiro atoms. The molecule has 0 heterocycles. The topological polar surface area (TPSA) is 95.2 Å². The molecule has 0 amide bonds. The number of guanidine groups is 1. The van der Waals surface area contributed by atoms with Crippen LogP contribution in [-0.4, -0.2) is 18.8 Å². The Morgan fingerprint density at radius 1 is 1.08 bits per heavy atom. The number of halogens is 2. The van der Waals surface area contributed by atoms with Crippen molar-refractivity contribution in [2.75, 3.05) is 6.61 Å². The van der Waals surface area contributed by atoms with E-state index in [9.17, 15) is 0 Å². The van der Waals surface area contributed by atoms with Crippen LogP contribution in [0, 0.1) is 0 Å². The first-order valence-corrected chi connectivity index (χ1v) is 8.20. The third-order valence-electron chi connectivity index (χ3n) is 3.05. The van der Waals surface area contributed by atoms with Crippen molar-refractivity contribution in [1.82, 2.24) is 0 Å². The highest BCUT2D eigenvalue weighted by molar-refractivity contribution is 6.35. The van der Waals surface area contributed by atoms with Crippen LogP contribution in [0.1, 0.15) is 18.1 Å². The van der Waals surface area contributed by atoms with E-state index >= 15 is 0 Å². The maximum absolute atomic E-state index is 6.16. The van der Waals surface area contributed by atoms with Gasteiger partial charge in [-0.25, -0.2) is 0 Å². The van der Waals surface area contributed by atoms with E-state index in [1.165, 1.54) is 6.21 Å². The van der Waals surface area contributed by atoms with Gasteiger partial charge in [0.1, 0.15) is 6.61 Å². The Labute approximate surface area is 156 Å². The maximum atomic E-state index is 6.16. The second kappa shape index (κ2) is 9.15. The van der Waals surface area contributed by atoms with E-state index in [1.807, 2.05) is 19.1 Å². The number of nitrogens with two attached hydrogens (primary N) is 2. The van der Waals surface area contributed by atoms with Crippen molar-refractivity contribution in [1.29, 1.82) is 0 Å². The van der Waals surface area contributed by atoms with E-state index < -0.39 is 0 Å². The van der Waals surface area contributed by atoms with Crippen molar-refractivity contribution in [3.05, 3.63) is 57.6 Å². The Morgan fingerprint density at radius 3 is 2.56 bits per heavy atom. The number of nitrogens with zero attached hydrogens (tertiary/aromatic N) is 2. The predicted octanol–water partition coefficient (Wildman–Crippen LogP) is 3.58. The summed E-state index contributed by atoms with van der Waals surface area (Å²) in [5, 5.41) is 8.45. The molecule has 0 radical (unpaired) electrons. The van der Waals surface area contributed by atoms with Crippen molar-refractivity contribution in [3.63, 3.8) is 0 Å². The van der Waals surface area contributed by atoms with E-state index in [0.717, 1.165) is 11.1 Å². The first-order chi connectivity index (χ1) is 12.0. The molecule has 2 aromatic carbocycles. The summed E-state index contributed by atoms with van der Waals surface area (Å²) >= 11 is 12.1. The number of hydrogen-bond donors (Lipinski definition) is 2. The highest BCUT2D eigenvalue weighted by Gasteiger charge is 2.08. The summed E-state index contributed by atoms with van der Waals surface area (Å²) in [6.07, 6.45) is 1.52. The van der Waals surface area contributed by atoms with Crippen molar-refractivity contribution in [3.8, 4) is 11.5 Å². The number of benzene rings is 2. The molecule has 0 aliphatic heterocycles. The smallest absolute Gasteiger partial charge is 0.211 e. The third-order valence-corrected chi connectivity index (χ3v) is 3.63. The van der Waals surface area contributed by atoms with Crippen LogP contribution in [0.2, 0.25) is 10.0 Å². The van der Waals surface area contributed by atoms with Gasteiger partial charge in [-0.1, -0.05) is 29.3 Å². The fourth-order valence-electron chi connectivity index (χ4n) is 1.95. The summed E-state index contributed by atoms with van der Waals surface area (Å²) in [5.41, 5.74) is 12.0. The molecular weight excluding hydrogens is 363 g/mol. The fraction of sp³-hybridized carbons (Fsp3) is 0.176. The predicted molar refractivity (Wildman–Crippen MR) is 102 cm³/mol. The lowest BCUT2D eigenvalue weighted by Crippen LogP contribution is -2.21. The van der Waals surface area contributed by atoms with Gasteiger partial charge in [-0.05, 0) is 42.8 Å². The lowest BCUT2D eigenvalue weighted by molar-refractivity contribution is 0.269. The van der Waals surface area contributed by atoms with E-state index in [-0.39, 0.29) is 12.6 Å². The van der Waals surface area contributed by atoms with Gasteiger partial charge < -0.3 is 20.9 Å². The van der Waals surface area contributed by atoms with Crippen molar-refractivity contribution in [2.24, 2.45) is 21.7 Å². The van der Waals surface area contributed by atoms with Crippen LogP contribution in [0.15, 0.2) is 46.6 Å². The lowest BCUT2D eigenvalue weighted by atomic mass is 10.2. The first kappa shape index (κ1) is 18.9. The normalized spacial score (nSPS) is 10.7. The molecule has 8 heteroatoms. The van der Waals surface area contributed by atoms with Crippen LogP contribution in [0.3, 0.4) is 0 Å². The molecule has 132 valence electrons. The Hall–Kier alpha value is -2.44. The molecular formula is C17H18Cl2N4O2. The molecule has 0 saturated carbocycles. The summed E-state index contributed by atoms with van der Waals surface area (Å²) in [6, 6.07) is 10.6. The standard InChI is InChI=1S/C17H18Cl2N4O2/c1-2-24-16-7-11(9-22-23-17(20)21)3-6-15(16)25-10-12-4-5-13(18)8-14(12)19/h3-9H,2,10H2,1H3,(H4,20,21,23)/b22-9+. The SMILES string of the molecule is CCOc1cc(/C=N/N=C(N)N)ccc1OCc1ccc(Cl)cc1Cl. The van der Waals surface area contributed by atoms with E-state index in [0.29, 0.717) is 28.2 Å². The summed E-state index contributed by atoms with van der Waals surface area (Å²) in [6.45, 7) is 2.67. The molecule has 0 atom stereocenters. The van der Waals surface area contributed by atoms with Gasteiger partial charge >= 0.3 is 0 Å². The molecule has 0 aliphatic rings. The van der Waals surface area contributed by atoms with Crippen LogP contribution in [0.4, 0.5) is 0 Å². The summed E-state index contributed by atoms with van der Waals surface area (Å²) in [5.74, 6) is 1.06. The van der Waals surface area contributed by atoms with Crippen LogP contribution in [0.25, 0.3) is 0 Å². The number of ether oxygens (including phenoxy) is 2. The minimum absolute atomic E-state index is 0.110. The highest BCUT2D eigenvalue weighted by Crippen LogP contribution is 2.30. The Bertz CT molecular complexity index is 790. The van der Waals surface area contributed by atoms with E-state index in [1.54, 1.807) is 24.3 Å². The average Bonchev–Trinajstić information content (AvgIpc) is 2.55. The van der Waals surface area contributed by atoms with Gasteiger partial charge in [-0.3, -0.25) is 0 Å². The van der Waals surface area contributed by atoms with Crippen molar-refractivity contribution in [2.45, 2.75) is 13.5 Å². The maximum Gasteiger partial charge on any atom is 0.211 e. The number of rotatable bonds is 7. The van der Waals surface area contributed by atoms with Gasteiger partial charge in [0.2, 0.25) is 5.96 Å². The second-order valence-corrected chi connectivity index (χ2v) is 5.78. The summed E-state index contributed by atoms with van der Waals surface area (Å²) < 4.78 is 11.4. The third kappa shape index (κ3) is 5.85. The van der Waals surface area contributed by atoms with Gasteiger partial charge in [0.15, 0.2) is 11.5 Å². The minimum atomic E-state index is -0.110. The zero-order chi connectivity index (χ0) is 18.2. The van der Waals surface area contributed by atoms with Gasteiger partial charge in [0, 0.05) is 15.6 Å². The minimum Gasteiger partial charge on any atom is -0.490 e. The molecule has 2 rings (SSSR count). The van der Waals surface area contributed by atoms with E-state index in [2.05, 4.69) is 10.2 Å². The van der Waals surface area contributed by atoms with Crippen molar-refractivity contribution < 1.29 is 9.47 Å². The Morgan fingerprint density at radius 2 is 1.88 bits per heavy atom. The van der Waals surface area contributed by atoms with E-state index in [4.69, 9.17) is 44.1 Å². The van der Waals surface area contributed by atoms with Gasteiger partial charge in [0.25, 0.3) is 0 Å². The Balaban J connectivity index is 2.16. The van der Waals surface area contributed by atoms with Crippen LogP contribution < -0.4 is 20.9 Å². The zero-order valence-corrected chi connectivity index (χ0v) is 15.1. The molecule has 4 N–H and O–H groups in total. The van der Waals surface area contributed by atoms with Crippen LogP contribution >= 0.6 is 23.2 Å². The highest BCUT2D eigenvalue weighted by atomic mass is 35.5. The molecule has 2 aromatic rings. The van der Waals surface area contributed by atoms with Crippen molar-refractivity contribution >= 4 is 35.4 Å². The molecule has 6 nitrogen and oxygen atoms in total. The zero-order valence-electron chi connectivity index (χ0n) is 13.6. The molecule has 0 saturated heterocycles. The van der Waals surface area contributed by atoms with Crippen LogP contribution in [-0.2, 0) is 6.61 Å². The van der Waals surface area contributed by atoms with Gasteiger partial charge in [0.05, 0.1) is 12.8 Å². The Kier molecular flexibility index (Phi) is 6.91. The fourth-order valence-corrected chi connectivity index (χ4v) is 2.41. The monoisotopic (exact) mass is 380 g/mol. The van der Waals surface area contributed by atoms with Crippen LogP contribution in [0.5, 0.6) is 11.5 Å². The average molecular weight is 381 g/mol. The molecule has 25 heavy (non-hydrogen) atoms. The summed E-state index contributed by atoms with van der Waals surface area (Å²) in [4.78, 5) is 0. The van der Waals surface area contributed by atoms with Gasteiger partial charge in [-0.15, -0.1) is 5.10 Å². The van der Waals surface area contributed by atoms with Gasteiger partial charge in [-0.2, -0.15) is 5.10 Å². The first-order valence-electron chi connectivity index (χ1n) is 7.45. The molecule has 0 aromatic heterocycles. The lowest BCUT2D eigenvalue weighted by Gasteiger charge is -2.13.